The van der Waals surface area contributed by atoms with E-state index in [-0.39, 0.29) is 18.2 Å². The first-order valence-electron chi connectivity index (χ1n) is 7.99. The van der Waals surface area contributed by atoms with E-state index >= 15 is 0 Å². The topological polar surface area (TPSA) is 66.7 Å². The van der Waals surface area contributed by atoms with Gasteiger partial charge < -0.3 is 14.6 Å². The fourth-order valence-electron chi connectivity index (χ4n) is 2.71. The fourth-order valence-corrected chi connectivity index (χ4v) is 2.71. The summed E-state index contributed by atoms with van der Waals surface area (Å²) >= 11 is 0. The summed E-state index contributed by atoms with van der Waals surface area (Å²) in [7, 11) is 3.36. The molecule has 1 aromatic carbocycles. The van der Waals surface area contributed by atoms with Crippen LogP contribution in [-0.2, 0) is 11.2 Å². The van der Waals surface area contributed by atoms with Crippen LogP contribution in [0.1, 0.15) is 21.6 Å². The number of aryl methyl sites for hydroxylation is 1. The van der Waals surface area contributed by atoms with Crippen molar-refractivity contribution in [3.8, 4) is 0 Å². The first kappa shape index (κ1) is 16.7. The number of amides is 2. The number of para-hydroxylation sites is 1. The van der Waals surface area contributed by atoms with Crippen molar-refractivity contribution >= 4 is 23.1 Å². The first-order chi connectivity index (χ1) is 12.0. The van der Waals surface area contributed by atoms with Gasteiger partial charge in [-0.1, -0.05) is 18.2 Å². The van der Waals surface area contributed by atoms with Crippen molar-refractivity contribution in [2.45, 2.75) is 13.3 Å². The summed E-state index contributed by atoms with van der Waals surface area (Å²) in [6.07, 6.45) is 3.77. The molecule has 0 spiro atoms. The molecule has 2 aromatic heterocycles. The normalized spacial score (nSPS) is 10.7. The van der Waals surface area contributed by atoms with Gasteiger partial charge in [0, 0.05) is 26.5 Å². The van der Waals surface area contributed by atoms with Gasteiger partial charge in [0.25, 0.3) is 5.91 Å². The van der Waals surface area contributed by atoms with E-state index in [1.54, 1.807) is 44.6 Å². The van der Waals surface area contributed by atoms with Gasteiger partial charge in [0.2, 0.25) is 5.91 Å². The van der Waals surface area contributed by atoms with Gasteiger partial charge in [-0.05, 0) is 30.7 Å². The van der Waals surface area contributed by atoms with Crippen molar-refractivity contribution in [2.75, 3.05) is 19.4 Å². The number of aromatic nitrogens is 2. The zero-order chi connectivity index (χ0) is 18.0. The number of fused-ring (bicyclic) bond motifs is 1. The van der Waals surface area contributed by atoms with Crippen LogP contribution in [0, 0.1) is 6.92 Å². The summed E-state index contributed by atoms with van der Waals surface area (Å²) in [4.78, 5) is 30.6. The van der Waals surface area contributed by atoms with Gasteiger partial charge in [0.05, 0.1) is 23.4 Å². The average Bonchev–Trinajstić information content (AvgIpc) is 2.99. The van der Waals surface area contributed by atoms with Crippen LogP contribution >= 0.6 is 0 Å². The van der Waals surface area contributed by atoms with Crippen molar-refractivity contribution in [1.29, 1.82) is 0 Å². The Morgan fingerprint density at radius 2 is 1.92 bits per heavy atom. The fraction of sp³-hybridized carbons (Fsp3) is 0.211. The molecule has 3 aromatic rings. The molecule has 0 aliphatic heterocycles. The number of imidazole rings is 1. The Balaban J connectivity index is 1.81. The maximum absolute atomic E-state index is 12.5. The van der Waals surface area contributed by atoms with Crippen LogP contribution < -0.4 is 5.32 Å². The average molecular weight is 336 g/mol. The number of pyridine rings is 1. The second-order valence-electron chi connectivity index (χ2n) is 6.10. The Morgan fingerprint density at radius 3 is 2.68 bits per heavy atom. The van der Waals surface area contributed by atoms with Gasteiger partial charge in [-0.3, -0.25) is 9.59 Å². The lowest BCUT2D eigenvalue weighted by molar-refractivity contribution is -0.115. The summed E-state index contributed by atoms with van der Waals surface area (Å²) in [5.41, 5.74) is 3.67. The van der Waals surface area contributed by atoms with E-state index < -0.39 is 0 Å². The zero-order valence-electron chi connectivity index (χ0n) is 14.5. The third-order valence-electron chi connectivity index (χ3n) is 3.99. The molecule has 2 heterocycles. The molecule has 2 amide bonds. The number of nitrogens with one attached hydrogen (secondary N) is 1. The predicted octanol–water partition coefficient (Wildman–Crippen LogP) is 2.53. The van der Waals surface area contributed by atoms with Crippen LogP contribution in [0.25, 0.3) is 5.65 Å². The Kier molecular flexibility index (Phi) is 4.52. The van der Waals surface area contributed by atoms with Crippen LogP contribution in [0.5, 0.6) is 0 Å². The highest BCUT2D eigenvalue weighted by molar-refractivity contribution is 6.03. The quantitative estimate of drug-likeness (QED) is 0.796. The number of hydrogen-bond acceptors (Lipinski definition) is 3. The Bertz CT molecular complexity index is 944. The molecule has 0 saturated heterocycles. The van der Waals surface area contributed by atoms with E-state index in [9.17, 15) is 9.59 Å². The maximum Gasteiger partial charge on any atom is 0.255 e. The highest BCUT2D eigenvalue weighted by Gasteiger charge is 2.16. The highest BCUT2D eigenvalue weighted by atomic mass is 16.2. The highest BCUT2D eigenvalue weighted by Crippen LogP contribution is 2.17. The number of carbonyl (C=O) groups excluding carboxylic acids is 2. The maximum atomic E-state index is 12.5. The molecule has 0 saturated carbocycles. The van der Waals surface area contributed by atoms with Crippen molar-refractivity contribution in [3.63, 3.8) is 0 Å². The standard InChI is InChI=1S/C19H20N4O2/c1-13-7-6-10-23-14(12-20-18(13)23)11-17(24)21-16-9-5-4-8-15(16)19(25)22(2)3/h4-10,12H,11H2,1-3H3,(H,21,24). The van der Waals surface area contributed by atoms with Gasteiger partial charge in [0.1, 0.15) is 5.65 Å². The summed E-state index contributed by atoms with van der Waals surface area (Å²) in [5, 5.41) is 2.84. The minimum Gasteiger partial charge on any atom is -0.345 e. The molecule has 3 rings (SSSR count). The molecule has 6 heteroatoms. The second kappa shape index (κ2) is 6.76. The number of carbonyl (C=O) groups is 2. The van der Waals surface area contributed by atoms with Gasteiger partial charge in [0.15, 0.2) is 0 Å². The number of anilines is 1. The molecule has 1 N–H and O–H groups in total. The molecule has 25 heavy (non-hydrogen) atoms. The summed E-state index contributed by atoms with van der Waals surface area (Å²) in [6.45, 7) is 1.98. The van der Waals surface area contributed by atoms with Crippen molar-refractivity contribution in [1.82, 2.24) is 14.3 Å². The van der Waals surface area contributed by atoms with Crippen LogP contribution in [0.4, 0.5) is 5.69 Å². The van der Waals surface area contributed by atoms with Crippen molar-refractivity contribution < 1.29 is 9.59 Å². The molecular formula is C19H20N4O2. The van der Waals surface area contributed by atoms with Crippen molar-refractivity contribution in [3.05, 3.63) is 65.6 Å². The number of rotatable bonds is 4. The number of nitrogens with zero attached hydrogens (tertiary/aromatic N) is 3. The Morgan fingerprint density at radius 1 is 1.16 bits per heavy atom. The molecule has 0 bridgehead atoms. The Hall–Kier alpha value is -3.15. The lowest BCUT2D eigenvalue weighted by Crippen LogP contribution is -2.24. The minimum absolute atomic E-state index is 0.152. The van der Waals surface area contributed by atoms with E-state index in [1.807, 2.05) is 29.7 Å². The second-order valence-corrected chi connectivity index (χ2v) is 6.10. The molecule has 0 unspecified atom stereocenters. The molecule has 0 aliphatic rings. The largest absolute Gasteiger partial charge is 0.345 e. The third kappa shape index (κ3) is 3.38. The lowest BCUT2D eigenvalue weighted by Gasteiger charge is -2.14. The first-order valence-corrected chi connectivity index (χ1v) is 7.99. The van der Waals surface area contributed by atoms with E-state index in [0.717, 1.165) is 16.9 Å². The molecular weight excluding hydrogens is 316 g/mol. The van der Waals surface area contributed by atoms with Crippen LogP contribution in [-0.4, -0.2) is 40.2 Å². The minimum atomic E-state index is -0.192. The monoisotopic (exact) mass is 336 g/mol. The van der Waals surface area contributed by atoms with Crippen molar-refractivity contribution in [2.24, 2.45) is 0 Å². The van der Waals surface area contributed by atoms with Gasteiger partial charge in [-0.15, -0.1) is 0 Å². The number of hydrogen-bond donors (Lipinski definition) is 1. The molecule has 0 radical (unpaired) electrons. The lowest BCUT2D eigenvalue weighted by atomic mass is 10.1. The van der Waals surface area contributed by atoms with Gasteiger partial charge >= 0.3 is 0 Å². The molecule has 0 fully saturated rings. The summed E-state index contributed by atoms with van der Waals surface area (Å²) < 4.78 is 1.91. The molecule has 0 atom stereocenters. The van der Waals surface area contributed by atoms with Crippen LogP contribution in [0.2, 0.25) is 0 Å². The predicted molar refractivity (Wildman–Crippen MR) is 96.7 cm³/mol. The smallest absolute Gasteiger partial charge is 0.255 e. The van der Waals surface area contributed by atoms with E-state index in [2.05, 4.69) is 10.3 Å². The summed E-state index contributed by atoms with van der Waals surface area (Å²) in [5.74, 6) is -0.344. The van der Waals surface area contributed by atoms with E-state index in [0.29, 0.717) is 11.3 Å². The van der Waals surface area contributed by atoms with Gasteiger partial charge in [-0.25, -0.2) is 4.98 Å². The van der Waals surface area contributed by atoms with Gasteiger partial charge in [-0.2, -0.15) is 0 Å². The molecule has 6 nitrogen and oxygen atoms in total. The molecule has 128 valence electrons. The SMILES string of the molecule is Cc1cccn2c(CC(=O)Nc3ccccc3C(=O)N(C)C)cnc12. The van der Waals surface area contributed by atoms with E-state index in [1.165, 1.54) is 4.90 Å². The summed E-state index contributed by atoms with van der Waals surface area (Å²) in [6, 6.07) is 10.9. The zero-order valence-corrected chi connectivity index (χ0v) is 14.5. The van der Waals surface area contributed by atoms with Crippen LogP contribution in [0.3, 0.4) is 0 Å². The Labute approximate surface area is 146 Å². The third-order valence-corrected chi connectivity index (χ3v) is 3.99. The molecule has 0 aliphatic carbocycles. The van der Waals surface area contributed by atoms with Crippen LogP contribution in [0.15, 0.2) is 48.8 Å². The van der Waals surface area contributed by atoms with E-state index in [4.69, 9.17) is 0 Å². The number of benzene rings is 1.